The molecule has 0 aromatic rings. The summed E-state index contributed by atoms with van der Waals surface area (Å²) >= 11 is 0. The molecule has 0 aliphatic heterocycles. The van der Waals surface area contributed by atoms with E-state index >= 15 is 0 Å². The minimum absolute atomic E-state index is 0.0549. The van der Waals surface area contributed by atoms with Gasteiger partial charge in [0.1, 0.15) is 17.7 Å². The molecule has 0 fully saturated rings. The third-order valence-corrected chi connectivity index (χ3v) is 3.05. The first-order chi connectivity index (χ1) is 10.3. The van der Waals surface area contributed by atoms with Crippen LogP contribution in [0.1, 0.15) is 5.56 Å². The van der Waals surface area contributed by atoms with Crippen molar-refractivity contribution in [1.29, 1.82) is 10.5 Å². The SMILES string of the molecule is N#CC(C#N)=C/C=C(\C=C\N)c1ccc2cccccc1-2. The van der Waals surface area contributed by atoms with E-state index < -0.39 is 0 Å². The second kappa shape index (κ2) is 6.75. The maximum Gasteiger partial charge on any atom is 0.129 e. The number of nitrogens with two attached hydrogens (primary N) is 1. The van der Waals surface area contributed by atoms with Gasteiger partial charge in [-0.15, -0.1) is 0 Å². The van der Waals surface area contributed by atoms with Gasteiger partial charge in [-0.2, -0.15) is 10.5 Å². The van der Waals surface area contributed by atoms with Crippen molar-refractivity contribution in [3.8, 4) is 23.3 Å². The highest BCUT2D eigenvalue weighted by atomic mass is 14.5. The lowest BCUT2D eigenvalue weighted by atomic mass is 10.0. The maximum absolute atomic E-state index is 8.79. The van der Waals surface area contributed by atoms with Crippen LogP contribution in [0, 0.1) is 22.7 Å². The van der Waals surface area contributed by atoms with E-state index in [9.17, 15) is 0 Å². The van der Waals surface area contributed by atoms with Crippen molar-refractivity contribution in [2.75, 3.05) is 0 Å². The molecule has 0 spiro atoms. The summed E-state index contributed by atoms with van der Waals surface area (Å²) in [7, 11) is 0. The van der Waals surface area contributed by atoms with E-state index in [4.69, 9.17) is 16.3 Å². The molecule has 3 heteroatoms. The Hall–Kier alpha value is -3.30. The Kier molecular flexibility index (Phi) is 4.54. The van der Waals surface area contributed by atoms with Crippen molar-refractivity contribution < 1.29 is 0 Å². The van der Waals surface area contributed by atoms with Gasteiger partial charge in [0.25, 0.3) is 0 Å². The molecule has 0 saturated carbocycles. The number of hydrogen-bond acceptors (Lipinski definition) is 3. The molecule has 0 atom stereocenters. The van der Waals surface area contributed by atoms with E-state index in [1.54, 1.807) is 12.2 Å². The first kappa shape index (κ1) is 14.1. The zero-order chi connectivity index (χ0) is 15.1. The van der Waals surface area contributed by atoms with Crippen molar-refractivity contribution in [3.63, 3.8) is 0 Å². The first-order valence-electron chi connectivity index (χ1n) is 6.38. The quantitative estimate of drug-likeness (QED) is 0.684. The molecule has 0 aromatic heterocycles. The van der Waals surface area contributed by atoms with Crippen LogP contribution in [0.4, 0.5) is 0 Å². The van der Waals surface area contributed by atoms with Gasteiger partial charge in [0.2, 0.25) is 0 Å². The van der Waals surface area contributed by atoms with Gasteiger partial charge in [-0.25, -0.2) is 0 Å². The number of hydrogen-bond donors (Lipinski definition) is 1. The van der Waals surface area contributed by atoms with Crippen molar-refractivity contribution in [1.82, 2.24) is 0 Å². The molecule has 0 aromatic carbocycles. The molecule has 100 valence electrons. The Balaban J connectivity index is 2.55. The van der Waals surface area contributed by atoms with Crippen molar-refractivity contribution >= 4 is 5.57 Å². The Morgan fingerprint density at radius 1 is 0.952 bits per heavy atom. The smallest absolute Gasteiger partial charge is 0.129 e. The van der Waals surface area contributed by atoms with Crippen LogP contribution in [-0.2, 0) is 0 Å². The molecule has 0 saturated heterocycles. The summed E-state index contributed by atoms with van der Waals surface area (Å²) in [6.45, 7) is 0. The first-order valence-corrected chi connectivity index (χ1v) is 6.38. The molecule has 0 heterocycles. The fraction of sp³-hybridized carbons (Fsp3) is 0. The summed E-state index contributed by atoms with van der Waals surface area (Å²) in [5.74, 6) is 0. The molecule has 2 aliphatic carbocycles. The average Bonchev–Trinajstić information content (AvgIpc) is 2.75. The average molecular weight is 271 g/mol. The summed E-state index contributed by atoms with van der Waals surface area (Å²) in [6.07, 6.45) is 6.43. The van der Waals surface area contributed by atoms with Crippen LogP contribution in [0.3, 0.4) is 0 Å². The van der Waals surface area contributed by atoms with Crippen LogP contribution in [0.15, 0.2) is 72.5 Å². The fourth-order valence-corrected chi connectivity index (χ4v) is 2.08. The van der Waals surface area contributed by atoms with Gasteiger partial charge in [-0.05, 0) is 40.6 Å². The van der Waals surface area contributed by atoms with Crippen LogP contribution in [0.2, 0.25) is 0 Å². The summed E-state index contributed by atoms with van der Waals surface area (Å²) in [4.78, 5) is 0. The second-order valence-electron chi connectivity index (χ2n) is 4.31. The number of rotatable bonds is 3. The number of allylic oxidation sites excluding steroid dienone is 5. The molecular formula is C18H13N3. The lowest BCUT2D eigenvalue weighted by Crippen LogP contribution is -1.84. The lowest BCUT2D eigenvalue weighted by molar-refractivity contribution is 1.46. The van der Waals surface area contributed by atoms with Crippen molar-refractivity contribution in [3.05, 3.63) is 78.0 Å². The third-order valence-electron chi connectivity index (χ3n) is 3.05. The van der Waals surface area contributed by atoms with Gasteiger partial charge in [-0.3, -0.25) is 0 Å². The molecular weight excluding hydrogens is 258 g/mol. The van der Waals surface area contributed by atoms with E-state index in [1.165, 1.54) is 12.3 Å². The Labute approximate surface area is 123 Å². The van der Waals surface area contributed by atoms with Crippen LogP contribution < -0.4 is 5.73 Å². The predicted octanol–water partition coefficient (Wildman–Crippen LogP) is 3.62. The van der Waals surface area contributed by atoms with Crippen LogP contribution >= 0.6 is 0 Å². The zero-order valence-electron chi connectivity index (χ0n) is 11.3. The van der Waals surface area contributed by atoms with Gasteiger partial charge >= 0.3 is 0 Å². The topological polar surface area (TPSA) is 73.6 Å². The zero-order valence-corrected chi connectivity index (χ0v) is 11.3. The highest BCUT2D eigenvalue weighted by Crippen LogP contribution is 2.32. The number of fused-ring (bicyclic) bond motifs is 1. The molecule has 0 radical (unpaired) electrons. The summed E-state index contributed by atoms with van der Waals surface area (Å²) in [5.41, 5.74) is 9.63. The third kappa shape index (κ3) is 3.18. The van der Waals surface area contributed by atoms with Crippen molar-refractivity contribution in [2.45, 2.75) is 0 Å². The molecule has 21 heavy (non-hydrogen) atoms. The van der Waals surface area contributed by atoms with E-state index in [0.717, 1.165) is 22.3 Å². The minimum Gasteiger partial charge on any atom is -0.405 e. The minimum atomic E-state index is 0.0549. The van der Waals surface area contributed by atoms with Gasteiger partial charge < -0.3 is 5.73 Å². The van der Waals surface area contributed by atoms with Gasteiger partial charge in [0, 0.05) is 0 Å². The van der Waals surface area contributed by atoms with Gasteiger partial charge in [0.05, 0.1) is 0 Å². The fourth-order valence-electron chi connectivity index (χ4n) is 2.08. The molecule has 2 rings (SSSR count). The van der Waals surface area contributed by atoms with Crippen LogP contribution in [-0.4, -0.2) is 0 Å². The maximum atomic E-state index is 8.79. The molecule has 2 N–H and O–H groups in total. The van der Waals surface area contributed by atoms with E-state index in [1.807, 2.05) is 54.6 Å². The van der Waals surface area contributed by atoms with E-state index in [2.05, 4.69) is 0 Å². The predicted molar refractivity (Wildman–Crippen MR) is 83.7 cm³/mol. The monoisotopic (exact) mass is 271 g/mol. The number of nitriles is 2. The van der Waals surface area contributed by atoms with Gasteiger partial charge in [0.15, 0.2) is 0 Å². The molecule has 3 nitrogen and oxygen atoms in total. The molecule has 0 unspecified atom stereocenters. The second-order valence-corrected chi connectivity index (χ2v) is 4.31. The summed E-state index contributed by atoms with van der Waals surface area (Å²) in [5, 5.41) is 17.6. The summed E-state index contributed by atoms with van der Waals surface area (Å²) < 4.78 is 0. The lowest BCUT2D eigenvalue weighted by Gasteiger charge is -2.02. The number of nitrogens with zero attached hydrogens (tertiary/aromatic N) is 2. The van der Waals surface area contributed by atoms with Crippen molar-refractivity contribution in [2.24, 2.45) is 5.73 Å². The molecule has 0 amide bonds. The Morgan fingerprint density at radius 3 is 2.43 bits per heavy atom. The highest BCUT2D eigenvalue weighted by molar-refractivity contribution is 5.88. The Bertz CT molecular complexity index is 767. The van der Waals surface area contributed by atoms with Crippen LogP contribution in [0.25, 0.3) is 16.7 Å². The Morgan fingerprint density at radius 2 is 1.71 bits per heavy atom. The van der Waals surface area contributed by atoms with Gasteiger partial charge in [-0.1, -0.05) is 48.5 Å². The van der Waals surface area contributed by atoms with Crippen LogP contribution in [0.5, 0.6) is 0 Å². The van der Waals surface area contributed by atoms with E-state index in [0.29, 0.717) is 0 Å². The summed E-state index contributed by atoms with van der Waals surface area (Å²) in [6, 6.07) is 17.7. The van der Waals surface area contributed by atoms with E-state index in [-0.39, 0.29) is 5.57 Å². The highest BCUT2D eigenvalue weighted by Gasteiger charge is 2.09. The standard InChI is InChI=1S/C18H13N3/c19-11-10-16(7-6-14(12-20)13-21)18-9-8-15-4-2-1-3-5-17(15)18/h1-11H,19H2/b11-10+,16-7+. The molecule has 0 bridgehead atoms. The molecule has 2 aliphatic rings. The largest absolute Gasteiger partial charge is 0.405 e. The normalized spacial score (nSPS) is 11.0.